The van der Waals surface area contributed by atoms with Crippen molar-refractivity contribution in [2.45, 2.75) is 0 Å². The number of benzene rings is 2. The number of nitrogens with one attached hydrogen (secondary N) is 1. The molecule has 0 aliphatic heterocycles. The Bertz CT molecular complexity index is 996. The molecule has 0 saturated carbocycles. The minimum atomic E-state index is -0.598. The molecule has 132 valence electrons. The second-order valence-electron chi connectivity index (χ2n) is 5.21. The average Bonchev–Trinajstić information content (AvgIpc) is 2.93. The van der Waals surface area contributed by atoms with E-state index >= 15 is 0 Å². The first kappa shape index (κ1) is 17.1. The molecule has 2 N–H and O–H groups in total. The lowest BCUT2D eigenvalue weighted by Gasteiger charge is -2.01. The van der Waals surface area contributed by atoms with E-state index in [1.54, 1.807) is 24.3 Å². The van der Waals surface area contributed by atoms with E-state index in [-0.39, 0.29) is 17.5 Å². The Morgan fingerprint density at radius 3 is 2.62 bits per heavy atom. The van der Waals surface area contributed by atoms with Crippen molar-refractivity contribution < 1.29 is 18.8 Å². The molecule has 3 rings (SSSR count). The van der Waals surface area contributed by atoms with E-state index in [1.807, 2.05) is 0 Å². The molecule has 0 bridgehead atoms. The van der Waals surface area contributed by atoms with Crippen LogP contribution >= 0.6 is 0 Å². The summed E-state index contributed by atoms with van der Waals surface area (Å²) in [6.45, 7) is -0.598. The molecular formula is C17H13FN4O4. The van der Waals surface area contributed by atoms with Crippen molar-refractivity contribution in [1.82, 2.24) is 5.43 Å². The molecular weight excluding hydrogens is 343 g/mol. The predicted octanol–water partition coefficient (Wildman–Crippen LogP) is 3.21. The molecule has 0 aliphatic carbocycles. The number of hydrogen-bond donors (Lipinski definition) is 2. The Kier molecular flexibility index (Phi) is 4.88. The van der Waals surface area contributed by atoms with E-state index in [0.717, 1.165) is 0 Å². The number of hydrazone groups is 1. The maximum absolute atomic E-state index is 12.9. The molecule has 0 fully saturated rings. The number of hydrogen-bond acceptors (Lipinski definition) is 6. The number of halogens is 1. The van der Waals surface area contributed by atoms with Gasteiger partial charge in [0.1, 0.15) is 5.82 Å². The summed E-state index contributed by atoms with van der Waals surface area (Å²) in [7, 11) is 0. The predicted molar refractivity (Wildman–Crippen MR) is 94.0 cm³/mol. The second kappa shape index (κ2) is 7.43. The van der Waals surface area contributed by atoms with Gasteiger partial charge < -0.3 is 9.52 Å². The van der Waals surface area contributed by atoms with Crippen LogP contribution in [0.2, 0.25) is 0 Å². The van der Waals surface area contributed by atoms with Crippen LogP contribution in [0.3, 0.4) is 0 Å². The number of nitrogens with zero attached hydrogens (tertiary/aromatic N) is 3. The van der Waals surface area contributed by atoms with Crippen LogP contribution < -0.4 is 5.43 Å². The van der Waals surface area contributed by atoms with E-state index in [0.29, 0.717) is 16.5 Å². The standard InChI is InChI=1S/C17H13FN4O4/c18-11-5-7-12(8-6-11)20-16(10-22(24)25)21-19-9-15-13-3-1-2-4-14(13)17(23)26-15/h1-9,23H,10H2,(H,20,21)/b19-9-. The highest BCUT2D eigenvalue weighted by atomic mass is 19.1. The van der Waals surface area contributed by atoms with Crippen LogP contribution in [0.1, 0.15) is 5.76 Å². The first-order valence-corrected chi connectivity index (χ1v) is 7.47. The molecule has 0 unspecified atom stereocenters. The summed E-state index contributed by atoms with van der Waals surface area (Å²) in [5.74, 6) is -0.436. The van der Waals surface area contributed by atoms with Gasteiger partial charge in [0.25, 0.3) is 12.5 Å². The SMILES string of the molecule is O=[N+]([O-])CC(=Nc1ccc(F)cc1)N/N=C\c1oc(O)c2ccccc12. The van der Waals surface area contributed by atoms with E-state index in [1.165, 1.54) is 30.5 Å². The number of amidine groups is 1. The molecule has 1 heterocycles. The van der Waals surface area contributed by atoms with Gasteiger partial charge in [-0.25, -0.2) is 9.38 Å². The topological polar surface area (TPSA) is 113 Å². The summed E-state index contributed by atoms with van der Waals surface area (Å²) in [4.78, 5) is 14.3. The third-order valence-corrected chi connectivity index (χ3v) is 3.37. The Labute approximate surface area is 146 Å². The third kappa shape index (κ3) is 4.01. The molecule has 0 spiro atoms. The van der Waals surface area contributed by atoms with Crippen LogP contribution in [0.15, 0.2) is 63.0 Å². The van der Waals surface area contributed by atoms with Crippen LogP contribution in [0.25, 0.3) is 10.8 Å². The highest BCUT2D eigenvalue weighted by molar-refractivity contribution is 6.00. The zero-order valence-electron chi connectivity index (χ0n) is 13.3. The molecule has 0 amide bonds. The molecule has 0 saturated heterocycles. The lowest BCUT2D eigenvalue weighted by molar-refractivity contribution is -0.463. The molecule has 0 aliphatic rings. The molecule has 0 radical (unpaired) electrons. The second-order valence-corrected chi connectivity index (χ2v) is 5.21. The first-order valence-electron chi connectivity index (χ1n) is 7.47. The Balaban J connectivity index is 1.81. The van der Waals surface area contributed by atoms with Gasteiger partial charge in [0.15, 0.2) is 11.6 Å². The van der Waals surface area contributed by atoms with Crippen molar-refractivity contribution in [3.8, 4) is 5.95 Å². The summed E-state index contributed by atoms with van der Waals surface area (Å²) < 4.78 is 18.1. The highest BCUT2D eigenvalue weighted by Gasteiger charge is 2.11. The van der Waals surface area contributed by atoms with Crippen molar-refractivity contribution in [2.24, 2.45) is 10.1 Å². The third-order valence-electron chi connectivity index (χ3n) is 3.37. The maximum atomic E-state index is 12.9. The van der Waals surface area contributed by atoms with Crippen LogP contribution in [-0.2, 0) is 0 Å². The van der Waals surface area contributed by atoms with Gasteiger partial charge in [-0.05, 0) is 30.3 Å². The normalized spacial score (nSPS) is 12.0. The quantitative estimate of drug-likeness (QED) is 0.315. The van der Waals surface area contributed by atoms with Gasteiger partial charge in [0.2, 0.25) is 0 Å². The number of fused-ring (bicyclic) bond motifs is 1. The van der Waals surface area contributed by atoms with E-state index in [9.17, 15) is 19.6 Å². The van der Waals surface area contributed by atoms with E-state index in [4.69, 9.17) is 4.42 Å². The van der Waals surface area contributed by atoms with Gasteiger partial charge in [0, 0.05) is 10.3 Å². The number of rotatable bonds is 5. The summed E-state index contributed by atoms with van der Waals surface area (Å²) in [6.07, 6.45) is 1.28. The largest absolute Gasteiger partial charge is 0.480 e. The molecule has 9 heteroatoms. The zero-order valence-corrected chi connectivity index (χ0v) is 13.3. The fourth-order valence-corrected chi connectivity index (χ4v) is 2.25. The van der Waals surface area contributed by atoms with Crippen LogP contribution in [0.5, 0.6) is 5.95 Å². The molecule has 1 aromatic heterocycles. The minimum absolute atomic E-state index is 0.0436. The number of furan rings is 1. The van der Waals surface area contributed by atoms with Crippen LogP contribution in [-0.4, -0.2) is 28.6 Å². The Morgan fingerprint density at radius 2 is 1.92 bits per heavy atom. The number of aromatic hydroxyl groups is 1. The Hall–Kier alpha value is -3.75. The van der Waals surface area contributed by atoms with Gasteiger partial charge in [-0.3, -0.25) is 15.5 Å². The van der Waals surface area contributed by atoms with Crippen molar-refractivity contribution >= 4 is 28.5 Å². The van der Waals surface area contributed by atoms with Crippen molar-refractivity contribution in [3.05, 3.63) is 70.2 Å². The summed E-state index contributed by atoms with van der Waals surface area (Å²) in [5.41, 5.74) is 2.82. The Morgan fingerprint density at radius 1 is 1.23 bits per heavy atom. The van der Waals surface area contributed by atoms with Crippen LogP contribution in [0, 0.1) is 15.9 Å². The minimum Gasteiger partial charge on any atom is -0.480 e. The molecule has 8 nitrogen and oxygen atoms in total. The number of nitro groups is 1. The maximum Gasteiger partial charge on any atom is 0.290 e. The van der Waals surface area contributed by atoms with Gasteiger partial charge in [-0.2, -0.15) is 5.10 Å². The highest BCUT2D eigenvalue weighted by Crippen LogP contribution is 2.29. The van der Waals surface area contributed by atoms with Gasteiger partial charge in [0.05, 0.1) is 17.3 Å². The van der Waals surface area contributed by atoms with Gasteiger partial charge in [-0.15, -0.1) is 0 Å². The number of aliphatic imine (C=N–C) groups is 1. The monoisotopic (exact) mass is 356 g/mol. The summed E-state index contributed by atoms with van der Waals surface area (Å²) in [6, 6.07) is 12.1. The summed E-state index contributed by atoms with van der Waals surface area (Å²) in [5, 5.41) is 25.6. The summed E-state index contributed by atoms with van der Waals surface area (Å²) >= 11 is 0. The average molecular weight is 356 g/mol. The smallest absolute Gasteiger partial charge is 0.290 e. The van der Waals surface area contributed by atoms with Gasteiger partial charge >= 0.3 is 0 Å². The zero-order chi connectivity index (χ0) is 18.5. The lowest BCUT2D eigenvalue weighted by Crippen LogP contribution is -2.26. The molecule has 3 aromatic rings. The molecule has 0 atom stereocenters. The fraction of sp³-hybridized carbons (Fsp3) is 0.0588. The van der Waals surface area contributed by atoms with E-state index < -0.39 is 17.3 Å². The molecule has 2 aromatic carbocycles. The first-order chi connectivity index (χ1) is 12.5. The van der Waals surface area contributed by atoms with Crippen molar-refractivity contribution in [3.63, 3.8) is 0 Å². The van der Waals surface area contributed by atoms with Crippen molar-refractivity contribution in [1.29, 1.82) is 0 Å². The van der Waals surface area contributed by atoms with Crippen molar-refractivity contribution in [2.75, 3.05) is 6.54 Å². The van der Waals surface area contributed by atoms with Crippen LogP contribution in [0.4, 0.5) is 10.1 Å². The lowest BCUT2D eigenvalue weighted by atomic mass is 10.2. The van der Waals surface area contributed by atoms with E-state index in [2.05, 4.69) is 15.5 Å². The fourth-order valence-electron chi connectivity index (χ4n) is 2.25. The molecule has 26 heavy (non-hydrogen) atoms. The van der Waals surface area contributed by atoms with Gasteiger partial charge in [-0.1, -0.05) is 18.2 Å².